The third-order valence-electron chi connectivity index (χ3n) is 1.33. The molecule has 2 nitrogen and oxygen atoms in total. The minimum absolute atomic E-state index is 0.268. The van der Waals surface area contributed by atoms with E-state index in [1.807, 2.05) is 19.9 Å². The molecule has 0 amide bonds. The molecule has 2 N–H and O–H groups in total. The standard InChI is InChI=1S/C6H11ClN2/c1-6(2,4-7)5(9)3-8/h5H,4,9H2,1-2H3. The molecule has 1 unspecified atom stereocenters. The summed E-state index contributed by atoms with van der Waals surface area (Å²) in [7, 11) is 0. The number of hydrogen-bond donors (Lipinski definition) is 1. The Morgan fingerprint density at radius 1 is 1.78 bits per heavy atom. The van der Waals surface area contributed by atoms with Gasteiger partial charge in [0, 0.05) is 11.3 Å². The third-order valence-corrected chi connectivity index (χ3v) is 2.01. The van der Waals surface area contributed by atoms with Gasteiger partial charge in [-0.15, -0.1) is 11.6 Å². The van der Waals surface area contributed by atoms with Gasteiger partial charge in [0.15, 0.2) is 0 Å². The smallest absolute Gasteiger partial charge is 0.0991 e. The summed E-state index contributed by atoms with van der Waals surface area (Å²) in [5.41, 5.74) is 5.15. The molecule has 0 spiro atoms. The second-order valence-corrected chi connectivity index (χ2v) is 3.00. The molecule has 1 atom stereocenters. The van der Waals surface area contributed by atoms with Crippen molar-refractivity contribution in [2.75, 3.05) is 5.88 Å². The molecular formula is C6H11ClN2. The normalized spacial score (nSPS) is 14.6. The molecule has 0 rings (SSSR count). The summed E-state index contributed by atoms with van der Waals surface area (Å²) in [6.45, 7) is 3.74. The van der Waals surface area contributed by atoms with Crippen molar-refractivity contribution in [1.29, 1.82) is 5.26 Å². The Kier molecular flexibility index (Phi) is 2.96. The van der Waals surface area contributed by atoms with Crippen LogP contribution in [0.4, 0.5) is 0 Å². The Labute approximate surface area is 60.6 Å². The average molecular weight is 147 g/mol. The first-order valence-corrected chi connectivity index (χ1v) is 3.29. The van der Waals surface area contributed by atoms with E-state index in [4.69, 9.17) is 22.6 Å². The summed E-state index contributed by atoms with van der Waals surface area (Å²) in [6.07, 6.45) is 0. The molecule has 0 radical (unpaired) electrons. The van der Waals surface area contributed by atoms with Crippen LogP contribution in [0.15, 0.2) is 0 Å². The summed E-state index contributed by atoms with van der Waals surface area (Å²) < 4.78 is 0. The van der Waals surface area contributed by atoms with Gasteiger partial charge >= 0.3 is 0 Å². The van der Waals surface area contributed by atoms with Gasteiger partial charge in [-0.2, -0.15) is 5.26 Å². The molecule has 0 aromatic heterocycles. The van der Waals surface area contributed by atoms with Crippen molar-refractivity contribution in [3.63, 3.8) is 0 Å². The molecule has 9 heavy (non-hydrogen) atoms. The molecule has 0 aromatic rings. The van der Waals surface area contributed by atoms with Crippen molar-refractivity contribution < 1.29 is 0 Å². The Bertz CT molecular complexity index is 126. The first kappa shape index (κ1) is 8.74. The topological polar surface area (TPSA) is 49.8 Å². The fourth-order valence-corrected chi connectivity index (χ4v) is 0.424. The number of nitrogens with two attached hydrogens (primary N) is 1. The van der Waals surface area contributed by atoms with Gasteiger partial charge in [-0.25, -0.2) is 0 Å². The third kappa shape index (κ3) is 2.21. The maximum Gasteiger partial charge on any atom is 0.0991 e. The lowest BCUT2D eigenvalue weighted by Crippen LogP contribution is -2.37. The van der Waals surface area contributed by atoms with Gasteiger partial charge < -0.3 is 5.73 Å². The summed E-state index contributed by atoms with van der Waals surface area (Å²) in [5.74, 6) is 0.418. The number of rotatable bonds is 2. The summed E-state index contributed by atoms with van der Waals surface area (Å²) >= 11 is 5.54. The van der Waals surface area contributed by atoms with E-state index in [9.17, 15) is 0 Å². The highest BCUT2D eigenvalue weighted by Gasteiger charge is 2.24. The number of halogens is 1. The minimum Gasteiger partial charge on any atom is -0.315 e. The lowest BCUT2D eigenvalue weighted by molar-refractivity contribution is 0.378. The van der Waals surface area contributed by atoms with E-state index in [1.54, 1.807) is 0 Å². The molecule has 3 heteroatoms. The maximum absolute atomic E-state index is 8.37. The van der Waals surface area contributed by atoms with Crippen LogP contribution in [0.2, 0.25) is 0 Å². The second-order valence-electron chi connectivity index (χ2n) is 2.73. The van der Waals surface area contributed by atoms with Gasteiger partial charge in [-0.3, -0.25) is 0 Å². The molecule has 0 bridgehead atoms. The first-order chi connectivity index (χ1) is 4.04. The molecule has 0 heterocycles. The number of alkyl halides is 1. The van der Waals surface area contributed by atoms with Crippen molar-refractivity contribution in [3.05, 3.63) is 0 Å². The van der Waals surface area contributed by atoms with Gasteiger partial charge in [0.05, 0.1) is 12.1 Å². The van der Waals surface area contributed by atoms with Crippen molar-refractivity contribution >= 4 is 11.6 Å². The summed E-state index contributed by atoms with van der Waals surface area (Å²) in [5, 5.41) is 8.37. The van der Waals surface area contributed by atoms with Gasteiger partial charge in [-0.05, 0) is 0 Å². The highest BCUT2D eigenvalue weighted by molar-refractivity contribution is 6.18. The first-order valence-electron chi connectivity index (χ1n) is 2.76. The number of nitrogens with zero attached hydrogens (tertiary/aromatic N) is 1. The molecule has 52 valence electrons. The van der Waals surface area contributed by atoms with Gasteiger partial charge in [-0.1, -0.05) is 13.8 Å². The fourth-order valence-electron chi connectivity index (χ4n) is 0.258. The monoisotopic (exact) mass is 146 g/mol. The lowest BCUT2D eigenvalue weighted by atomic mass is 9.88. The molecule has 0 aromatic carbocycles. The fraction of sp³-hybridized carbons (Fsp3) is 0.833. The van der Waals surface area contributed by atoms with E-state index >= 15 is 0 Å². The zero-order valence-corrected chi connectivity index (χ0v) is 6.44. The zero-order chi connectivity index (χ0) is 7.49. The van der Waals surface area contributed by atoms with E-state index in [2.05, 4.69) is 0 Å². The average Bonchev–Trinajstić information content (AvgIpc) is 1.86. The molecule has 0 saturated carbocycles. The van der Waals surface area contributed by atoms with Crippen LogP contribution in [0, 0.1) is 16.7 Å². The van der Waals surface area contributed by atoms with Crippen molar-refractivity contribution in [2.24, 2.45) is 11.1 Å². The minimum atomic E-state index is -0.463. The Morgan fingerprint density at radius 2 is 2.22 bits per heavy atom. The molecule has 0 aliphatic carbocycles. The SMILES string of the molecule is CC(C)(CCl)C(N)C#N. The van der Waals surface area contributed by atoms with Crippen LogP contribution < -0.4 is 5.73 Å². The Balaban J connectivity index is 4.01. The quantitative estimate of drug-likeness (QED) is 0.594. The van der Waals surface area contributed by atoms with Crippen molar-refractivity contribution in [2.45, 2.75) is 19.9 Å². The van der Waals surface area contributed by atoms with Crippen molar-refractivity contribution in [3.8, 4) is 6.07 Å². The van der Waals surface area contributed by atoms with E-state index in [0.29, 0.717) is 5.88 Å². The largest absolute Gasteiger partial charge is 0.315 e. The molecule has 0 saturated heterocycles. The van der Waals surface area contributed by atoms with Crippen LogP contribution in [0.25, 0.3) is 0 Å². The highest BCUT2D eigenvalue weighted by atomic mass is 35.5. The molecule has 0 aliphatic heterocycles. The van der Waals surface area contributed by atoms with Gasteiger partial charge in [0.25, 0.3) is 0 Å². The molecule has 0 fully saturated rings. The number of nitriles is 1. The predicted molar refractivity (Wildman–Crippen MR) is 38.1 cm³/mol. The van der Waals surface area contributed by atoms with E-state index < -0.39 is 6.04 Å². The maximum atomic E-state index is 8.37. The van der Waals surface area contributed by atoms with Crippen LogP contribution in [-0.4, -0.2) is 11.9 Å². The Hall–Kier alpha value is -0.260. The number of hydrogen-bond acceptors (Lipinski definition) is 2. The van der Waals surface area contributed by atoms with Crippen LogP contribution in [0.5, 0.6) is 0 Å². The zero-order valence-electron chi connectivity index (χ0n) is 5.69. The lowest BCUT2D eigenvalue weighted by Gasteiger charge is -2.22. The molecular weight excluding hydrogens is 136 g/mol. The van der Waals surface area contributed by atoms with Crippen LogP contribution in [0.1, 0.15) is 13.8 Å². The summed E-state index contributed by atoms with van der Waals surface area (Å²) in [6, 6.07) is 1.49. The van der Waals surface area contributed by atoms with Crippen LogP contribution in [-0.2, 0) is 0 Å². The highest BCUT2D eigenvalue weighted by Crippen LogP contribution is 2.19. The van der Waals surface area contributed by atoms with Crippen molar-refractivity contribution in [1.82, 2.24) is 0 Å². The van der Waals surface area contributed by atoms with E-state index in [1.165, 1.54) is 0 Å². The van der Waals surface area contributed by atoms with Gasteiger partial charge in [0.2, 0.25) is 0 Å². The van der Waals surface area contributed by atoms with E-state index in [0.717, 1.165) is 0 Å². The Morgan fingerprint density at radius 3 is 2.33 bits per heavy atom. The van der Waals surface area contributed by atoms with E-state index in [-0.39, 0.29) is 5.41 Å². The predicted octanol–water partition coefficient (Wildman–Crippen LogP) is 1.10. The van der Waals surface area contributed by atoms with Crippen LogP contribution in [0.3, 0.4) is 0 Å². The second kappa shape index (κ2) is 3.05. The summed E-state index contributed by atoms with van der Waals surface area (Å²) in [4.78, 5) is 0. The van der Waals surface area contributed by atoms with Crippen LogP contribution >= 0.6 is 11.6 Å². The molecule has 0 aliphatic rings. The van der Waals surface area contributed by atoms with Gasteiger partial charge in [0.1, 0.15) is 0 Å².